The summed E-state index contributed by atoms with van der Waals surface area (Å²) in [5.41, 5.74) is 3.43. The Hall–Kier alpha value is -1.28. The molecular formula is C13H15ClN2. The van der Waals surface area contributed by atoms with Crippen molar-refractivity contribution in [3.8, 4) is 11.3 Å². The number of hydrogen-bond acceptors (Lipinski definition) is 1. The standard InChI is InChI=1S/C13H15ClN2/c1-3-8-16-10(2)9-12(14)13(16)11-4-6-15-7-5-11/h4-7,9H,3,8H2,1-2H3. The van der Waals surface area contributed by atoms with Crippen molar-refractivity contribution in [3.63, 3.8) is 0 Å². The van der Waals surface area contributed by atoms with Crippen molar-refractivity contribution in [3.05, 3.63) is 41.3 Å². The summed E-state index contributed by atoms with van der Waals surface area (Å²) in [7, 11) is 0. The van der Waals surface area contributed by atoms with Gasteiger partial charge in [-0.25, -0.2) is 0 Å². The van der Waals surface area contributed by atoms with Crippen molar-refractivity contribution in [1.29, 1.82) is 0 Å². The van der Waals surface area contributed by atoms with E-state index < -0.39 is 0 Å². The number of nitrogens with zero attached hydrogens (tertiary/aromatic N) is 2. The lowest BCUT2D eigenvalue weighted by atomic mass is 10.2. The minimum atomic E-state index is 0.817. The van der Waals surface area contributed by atoms with E-state index in [-0.39, 0.29) is 0 Å². The van der Waals surface area contributed by atoms with Gasteiger partial charge >= 0.3 is 0 Å². The molecule has 0 radical (unpaired) electrons. The first kappa shape index (κ1) is 11.2. The van der Waals surface area contributed by atoms with E-state index in [0.29, 0.717) is 0 Å². The Morgan fingerprint density at radius 2 is 2.00 bits per heavy atom. The summed E-state index contributed by atoms with van der Waals surface area (Å²) in [6, 6.07) is 6.01. The third-order valence-corrected chi connectivity index (χ3v) is 2.95. The Bertz CT molecular complexity index is 474. The van der Waals surface area contributed by atoms with Gasteiger partial charge in [0.25, 0.3) is 0 Å². The van der Waals surface area contributed by atoms with Gasteiger partial charge in [0.05, 0.1) is 10.7 Å². The zero-order chi connectivity index (χ0) is 11.5. The molecule has 2 rings (SSSR count). The van der Waals surface area contributed by atoms with E-state index in [1.807, 2.05) is 18.2 Å². The zero-order valence-corrected chi connectivity index (χ0v) is 10.3. The molecule has 0 saturated heterocycles. The predicted molar refractivity (Wildman–Crippen MR) is 67.7 cm³/mol. The minimum Gasteiger partial charge on any atom is -0.344 e. The number of aryl methyl sites for hydroxylation is 1. The number of rotatable bonds is 3. The van der Waals surface area contributed by atoms with Gasteiger partial charge in [0.15, 0.2) is 0 Å². The van der Waals surface area contributed by atoms with Gasteiger partial charge in [-0.3, -0.25) is 4.98 Å². The van der Waals surface area contributed by atoms with Crippen LogP contribution in [0.15, 0.2) is 30.6 Å². The molecule has 0 aliphatic heterocycles. The number of pyridine rings is 1. The van der Waals surface area contributed by atoms with Crippen molar-refractivity contribution in [2.24, 2.45) is 0 Å². The second kappa shape index (κ2) is 4.71. The van der Waals surface area contributed by atoms with Crippen LogP contribution in [0.3, 0.4) is 0 Å². The van der Waals surface area contributed by atoms with Crippen molar-refractivity contribution < 1.29 is 0 Å². The molecular weight excluding hydrogens is 220 g/mol. The Balaban J connectivity index is 2.55. The lowest BCUT2D eigenvalue weighted by Crippen LogP contribution is -2.01. The first-order valence-electron chi connectivity index (χ1n) is 5.50. The van der Waals surface area contributed by atoms with Gasteiger partial charge in [0.2, 0.25) is 0 Å². The van der Waals surface area contributed by atoms with E-state index in [0.717, 1.165) is 29.2 Å². The highest BCUT2D eigenvalue weighted by molar-refractivity contribution is 6.33. The highest BCUT2D eigenvalue weighted by Crippen LogP contribution is 2.31. The zero-order valence-electron chi connectivity index (χ0n) is 9.57. The molecule has 3 heteroatoms. The molecule has 0 atom stereocenters. The fourth-order valence-electron chi connectivity index (χ4n) is 1.95. The average molecular weight is 235 g/mol. The maximum atomic E-state index is 6.28. The van der Waals surface area contributed by atoms with E-state index in [1.54, 1.807) is 12.4 Å². The summed E-state index contributed by atoms with van der Waals surface area (Å²) < 4.78 is 2.26. The molecule has 0 aliphatic rings. The molecule has 2 heterocycles. The Labute approximate surface area is 101 Å². The van der Waals surface area contributed by atoms with Crippen LogP contribution in [-0.2, 0) is 6.54 Å². The van der Waals surface area contributed by atoms with Crippen LogP contribution < -0.4 is 0 Å². The minimum absolute atomic E-state index is 0.817. The molecule has 2 nitrogen and oxygen atoms in total. The van der Waals surface area contributed by atoms with E-state index in [2.05, 4.69) is 23.4 Å². The van der Waals surface area contributed by atoms with Crippen LogP contribution in [-0.4, -0.2) is 9.55 Å². The van der Waals surface area contributed by atoms with Gasteiger partial charge in [-0.1, -0.05) is 18.5 Å². The van der Waals surface area contributed by atoms with Gasteiger partial charge in [-0.15, -0.1) is 0 Å². The molecule has 0 unspecified atom stereocenters. The van der Waals surface area contributed by atoms with Crippen LogP contribution in [0, 0.1) is 6.92 Å². The number of halogens is 1. The summed E-state index contributed by atoms with van der Waals surface area (Å²) in [4.78, 5) is 4.03. The quantitative estimate of drug-likeness (QED) is 0.787. The largest absolute Gasteiger partial charge is 0.344 e. The van der Waals surface area contributed by atoms with Crippen LogP contribution in [0.25, 0.3) is 11.3 Å². The molecule has 0 bridgehead atoms. The van der Waals surface area contributed by atoms with Crippen LogP contribution in [0.4, 0.5) is 0 Å². The molecule has 16 heavy (non-hydrogen) atoms. The van der Waals surface area contributed by atoms with E-state index in [1.165, 1.54) is 5.69 Å². The monoisotopic (exact) mass is 234 g/mol. The van der Waals surface area contributed by atoms with Crippen molar-refractivity contribution in [2.45, 2.75) is 26.8 Å². The molecule has 0 spiro atoms. The normalized spacial score (nSPS) is 10.7. The second-order valence-electron chi connectivity index (χ2n) is 3.87. The van der Waals surface area contributed by atoms with Gasteiger partial charge in [0.1, 0.15) is 0 Å². The summed E-state index contributed by atoms with van der Waals surface area (Å²) in [5, 5.41) is 0.817. The summed E-state index contributed by atoms with van der Waals surface area (Å²) >= 11 is 6.28. The van der Waals surface area contributed by atoms with Crippen LogP contribution in [0.2, 0.25) is 5.02 Å². The smallest absolute Gasteiger partial charge is 0.0672 e. The molecule has 0 amide bonds. The van der Waals surface area contributed by atoms with Gasteiger partial charge in [-0.2, -0.15) is 0 Å². The van der Waals surface area contributed by atoms with Crippen LogP contribution >= 0.6 is 11.6 Å². The highest BCUT2D eigenvalue weighted by Gasteiger charge is 2.12. The summed E-state index contributed by atoms with van der Waals surface area (Å²) in [6.07, 6.45) is 4.69. The van der Waals surface area contributed by atoms with Crippen molar-refractivity contribution in [2.75, 3.05) is 0 Å². The Morgan fingerprint density at radius 1 is 1.31 bits per heavy atom. The summed E-state index contributed by atoms with van der Waals surface area (Å²) in [5.74, 6) is 0. The van der Waals surface area contributed by atoms with Crippen LogP contribution in [0.5, 0.6) is 0 Å². The van der Waals surface area contributed by atoms with Gasteiger partial charge in [-0.05, 0) is 31.5 Å². The lowest BCUT2D eigenvalue weighted by molar-refractivity contribution is 0.672. The maximum Gasteiger partial charge on any atom is 0.0672 e. The fraction of sp³-hybridized carbons (Fsp3) is 0.308. The third-order valence-electron chi connectivity index (χ3n) is 2.66. The first-order valence-corrected chi connectivity index (χ1v) is 5.88. The topological polar surface area (TPSA) is 17.8 Å². The Kier molecular flexibility index (Phi) is 3.30. The SMILES string of the molecule is CCCn1c(C)cc(Cl)c1-c1ccncc1. The van der Waals surface area contributed by atoms with E-state index in [4.69, 9.17) is 11.6 Å². The Morgan fingerprint density at radius 3 is 2.62 bits per heavy atom. The van der Waals surface area contributed by atoms with Crippen molar-refractivity contribution >= 4 is 11.6 Å². The van der Waals surface area contributed by atoms with Crippen molar-refractivity contribution in [1.82, 2.24) is 9.55 Å². The highest BCUT2D eigenvalue weighted by atomic mass is 35.5. The molecule has 84 valence electrons. The lowest BCUT2D eigenvalue weighted by Gasteiger charge is -2.10. The van der Waals surface area contributed by atoms with Gasteiger partial charge < -0.3 is 4.57 Å². The maximum absolute atomic E-state index is 6.28. The molecule has 2 aromatic rings. The molecule has 2 aromatic heterocycles. The second-order valence-corrected chi connectivity index (χ2v) is 4.28. The molecule has 0 fully saturated rings. The number of aromatic nitrogens is 2. The molecule has 0 aliphatic carbocycles. The number of hydrogen-bond donors (Lipinski definition) is 0. The molecule has 0 N–H and O–H groups in total. The van der Waals surface area contributed by atoms with E-state index in [9.17, 15) is 0 Å². The fourth-order valence-corrected chi connectivity index (χ4v) is 2.32. The predicted octanol–water partition coefficient (Wildman–Crippen LogP) is 3.92. The van der Waals surface area contributed by atoms with E-state index >= 15 is 0 Å². The van der Waals surface area contributed by atoms with Gasteiger partial charge in [0, 0.05) is 30.2 Å². The molecule has 0 saturated carbocycles. The van der Waals surface area contributed by atoms with Crippen LogP contribution in [0.1, 0.15) is 19.0 Å². The average Bonchev–Trinajstić information content (AvgIpc) is 2.56. The third kappa shape index (κ3) is 1.98. The molecule has 0 aromatic carbocycles. The summed E-state index contributed by atoms with van der Waals surface area (Å²) in [6.45, 7) is 5.26. The first-order chi connectivity index (χ1) is 7.74.